The third-order valence-corrected chi connectivity index (χ3v) is 9.46. The molecule has 2 amide bonds. The first-order valence-corrected chi connectivity index (χ1v) is 15.5. The summed E-state index contributed by atoms with van der Waals surface area (Å²) >= 11 is 1.65. The Morgan fingerprint density at radius 2 is 1.86 bits per heavy atom. The van der Waals surface area contributed by atoms with E-state index in [2.05, 4.69) is 31.6 Å². The van der Waals surface area contributed by atoms with E-state index in [1.54, 1.807) is 17.7 Å². The number of aromatic amines is 1. The van der Waals surface area contributed by atoms with Gasteiger partial charge in [-0.15, -0.1) is 11.3 Å². The van der Waals surface area contributed by atoms with Gasteiger partial charge in [-0.05, 0) is 74.4 Å². The van der Waals surface area contributed by atoms with Gasteiger partial charge in [0.1, 0.15) is 5.52 Å². The molecule has 0 saturated carbocycles. The number of anilines is 3. The number of nitrogens with zero attached hydrogens (tertiary/aromatic N) is 5. The lowest BCUT2D eigenvalue weighted by atomic mass is 9.99. The molecule has 0 radical (unpaired) electrons. The quantitative estimate of drug-likeness (QED) is 0.310. The van der Waals surface area contributed by atoms with Crippen molar-refractivity contribution in [2.45, 2.75) is 44.6 Å². The molecule has 5 heterocycles. The SMILES string of the molecule is O=C(NC1CCCN(c2nc(Nc3ccc(C(=O)N4CCOCC4)cc3)c3[nH]cnc3n2)C1)c1cc2c(s1)CCCC2. The molecule has 3 aromatic heterocycles. The number of amides is 2. The molecule has 7 rings (SSSR count). The number of carbonyl (C=O) groups excluding carboxylic acids is 2. The molecular formula is C30H34N8O3S. The zero-order chi connectivity index (χ0) is 28.5. The number of aromatic nitrogens is 4. The van der Waals surface area contributed by atoms with Crippen LogP contribution in [0.15, 0.2) is 36.7 Å². The van der Waals surface area contributed by atoms with Crippen LogP contribution in [0.1, 0.15) is 56.2 Å². The highest BCUT2D eigenvalue weighted by Gasteiger charge is 2.26. The van der Waals surface area contributed by atoms with Gasteiger partial charge in [0.05, 0.1) is 24.4 Å². The van der Waals surface area contributed by atoms with Crippen LogP contribution in [-0.2, 0) is 17.6 Å². The van der Waals surface area contributed by atoms with E-state index >= 15 is 0 Å². The topological polar surface area (TPSA) is 128 Å². The molecule has 1 aromatic carbocycles. The molecule has 1 unspecified atom stereocenters. The minimum absolute atomic E-state index is 0.00977. The molecule has 1 aliphatic carbocycles. The van der Waals surface area contributed by atoms with Gasteiger partial charge in [-0.25, -0.2) is 4.98 Å². The molecule has 2 fully saturated rings. The third-order valence-electron chi connectivity index (χ3n) is 8.23. The van der Waals surface area contributed by atoms with Crippen molar-refractivity contribution in [2.24, 2.45) is 0 Å². The molecule has 42 heavy (non-hydrogen) atoms. The van der Waals surface area contributed by atoms with Crippen LogP contribution in [0.4, 0.5) is 17.5 Å². The molecule has 3 N–H and O–H groups in total. The fourth-order valence-electron chi connectivity index (χ4n) is 5.97. The van der Waals surface area contributed by atoms with E-state index in [0.717, 1.165) is 42.8 Å². The number of benzene rings is 1. The Hall–Kier alpha value is -4.03. The summed E-state index contributed by atoms with van der Waals surface area (Å²) in [5.74, 6) is 1.20. The fourth-order valence-corrected chi connectivity index (χ4v) is 7.13. The number of imidazole rings is 1. The summed E-state index contributed by atoms with van der Waals surface area (Å²) in [4.78, 5) is 49.2. The fraction of sp³-hybridized carbons (Fsp3) is 0.433. The Morgan fingerprint density at radius 3 is 2.69 bits per heavy atom. The Bertz CT molecular complexity index is 1570. The number of fused-ring (bicyclic) bond motifs is 2. The molecule has 218 valence electrons. The Morgan fingerprint density at radius 1 is 1.02 bits per heavy atom. The van der Waals surface area contributed by atoms with Crippen LogP contribution in [0.2, 0.25) is 0 Å². The Labute approximate surface area is 247 Å². The second kappa shape index (κ2) is 11.7. The first kappa shape index (κ1) is 26.8. The predicted molar refractivity (Wildman–Crippen MR) is 162 cm³/mol. The minimum Gasteiger partial charge on any atom is -0.378 e. The molecule has 12 heteroatoms. The average molecular weight is 587 g/mol. The van der Waals surface area contributed by atoms with Crippen LogP contribution in [-0.4, -0.2) is 82.1 Å². The number of hydrogen-bond donors (Lipinski definition) is 3. The summed E-state index contributed by atoms with van der Waals surface area (Å²) in [6.45, 7) is 3.79. The second-order valence-corrected chi connectivity index (χ2v) is 12.2. The lowest BCUT2D eigenvalue weighted by Crippen LogP contribution is -2.48. The summed E-state index contributed by atoms with van der Waals surface area (Å²) in [5, 5.41) is 6.65. The molecule has 1 atom stereocenters. The first-order chi connectivity index (χ1) is 20.6. The Kier molecular flexibility index (Phi) is 7.47. The van der Waals surface area contributed by atoms with E-state index in [1.165, 1.54) is 23.3 Å². The van der Waals surface area contributed by atoms with Gasteiger partial charge in [0.2, 0.25) is 5.95 Å². The van der Waals surface area contributed by atoms with Crippen molar-refractivity contribution in [3.05, 3.63) is 57.5 Å². The highest BCUT2D eigenvalue weighted by Crippen LogP contribution is 2.30. The summed E-state index contributed by atoms with van der Waals surface area (Å²) < 4.78 is 5.36. The lowest BCUT2D eigenvalue weighted by molar-refractivity contribution is 0.0303. The normalized spacial score (nSPS) is 19.0. The van der Waals surface area contributed by atoms with Crippen LogP contribution in [0.5, 0.6) is 0 Å². The van der Waals surface area contributed by atoms with E-state index in [1.807, 2.05) is 29.2 Å². The highest BCUT2D eigenvalue weighted by atomic mass is 32.1. The standard InChI is InChI=1S/C30H34N8O3S/c39-28(24-16-20-4-1-2-6-23(20)42-24)34-22-5-3-11-38(17-22)30-35-26-25(31-18-32-26)27(36-30)33-21-9-7-19(8-10-21)29(40)37-12-14-41-15-13-37/h7-10,16,18,22H,1-6,11-15,17H2,(H,34,39)(H2,31,32,33,35,36). The van der Waals surface area contributed by atoms with Gasteiger partial charge in [0.25, 0.3) is 11.8 Å². The lowest BCUT2D eigenvalue weighted by Gasteiger charge is -2.33. The molecule has 3 aliphatic rings. The average Bonchev–Trinajstić information content (AvgIpc) is 3.69. The number of nitrogens with one attached hydrogen (secondary N) is 3. The number of ether oxygens (including phenoxy) is 1. The molecule has 2 saturated heterocycles. The summed E-state index contributed by atoms with van der Waals surface area (Å²) in [6, 6.07) is 9.52. The highest BCUT2D eigenvalue weighted by molar-refractivity contribution is 7.14. The first-order valence-electron chi connectivity index (χ1n) is 14.7. The van der Waals surface area contributed by atoms with Gasteiger partial charge in [0, 0.05) is 48.3 Å². The minimum atomic E-state index is 0.00977. The van der Waals surface area contributed by atoms with Gasteiger partial charge in [-0.1, -0.05) is 0 Å². The number of hydrogen-bond acceptors (Lipinski definition) is 9. The van der Waals surface area contributed by atoms with E-state index in [-0.39, 0.29) is 17.9 Å². The number of piperidine rings is 1. The number of H-pyrrole nitrogens is 1. The molecule has 0 spiro atoms. The van der Waals surface area contributed by atoms with Crippen molar-refractivity contribution in [1.82, 2.24) is 30.2 Å². The molecule has 4 aromatic rings. The number of carbonyl (C=O) groups is 2. The van der Waals surface area contributed by atoms with Crippen LogP contribution in [0.3, 0.4) is 0 Å². The van der Waals surface area contributed by atoms with Crippen molar-refractivity contribution < 1.29 is 14.3 Å². The van der Waals surface area contributed by atoms with E-state index < -0.39 is 0 Å². The van der Waals surface area contributed by atoms with Crippen molar-refractivity contribution in [3.8, 4) is 0 Å². The summed E-state index contributed by atoms with van der Waals surface area (Å²) in [7, 11) is 0. The predicted octanol–water partition coefficient (Wildman–Crippen LogP) is 3.91. The molecular weight excluding hydrogens is 552 g/mol. The van der Waals surface area contributed by atoms with E-state index in [4.69, 9.17) is 14.7 Å². The maximum absolute atomic E-state index is 13.1. The van der Waals surface area contributed by atoms with Crippen molar-refractivity contribution in [1.29, 1.82) is 0 Å². The second-order valence-electron chi connectivity index (χ2n) is 11.1. The number of aryl methyl sites for hydroxylation is 2. The van der Waals surface area contributed by atoms with Crippen molar-refractivity contribution in [2.75, 3.05) is 49.6 Å². The van der Waals surface area contributed by atoms with Gasteiger partial charge in [-0.3, -0.25) is 9.59 Å². The maximum Gasteiger partial charge on any atom is 0.261 e. The van der Waals surface area contributed by atoms with Crippen molar-refractivity contribution >= 4 is 51.8 Å². The third kappa shape index (κ3) is 5.56. The number of rotatable bonds is 6. The summed E-state index contributed by atoms with van der Waals surface area (Å²) in [6.07, 6.45) is 8.04. The van der Waals surface area contributed by atoms with Crippen LogP contribution in [0.25, 0.3) is 11.2 Å². The van der Waals surface area contributed by atoms with Gasteiger partial charge in [-0.2, -0.15) is 9.97 Å². The largest absolute Gasteiger partial charge is 0.378 e. The van der Waals surface area contributed by atoms with Gasteiger partial charge >= 0.3 is 0 Å². The zero-order valence-electron chi connectivity index (χ0n) is 23.4. The summed E-state index contributed by atoms with van der Waals surface area (Å²) in [5.41, 5.74) is 4.06. The molecule has 0 bridgehead atoms. The van der Waals surface area contributed by atoms with Gasteiger partial charge < -0.3 is 30.2 Å². The maximum atomic E-state index is 13.1. The Balaban J connectivity index is 1.05. The van der Waals surface area contributed by atoms with Crippen molar-refractivity contribution in [3.63, 3.8) is 0 Å². The molecule has 2 aliphatic heterocycles. The van der Waals surface area contributed by atoms with E-state index in [0.29, 0.717) is 61.3 Å². The molecule has 11 nitrogen and oxygen atoms in total. The van der Waals surface area contributed by atoms with E-state index in [9.17, 15) is 9.59 Å². The van der Waals surface area contributed by atoms with Gasteiger partial charge in [0.15, 0.2) is 11.5 Å². The zero-order valence-corrected chi connectivity index (χ0v) is 24.2. The number of thiophene rings is 1. The van der Waals surface area contributed by atoms with Crippen LogP contribution >= 0.6 is 11.3 Å². The van der Waals surface area contributed by atoms with Crippen LogP contribution in [0, 0.1) is 0 Å². The van der Waals surface area contributed by atoms with Crippen LogP contribution < -0.4 is 15.5 Å². The monoisotopic (exact) mass is 586 g/mol. The smallest absolute Gasteiger partial charge is 0.261 e. The number of morpholine rings is 1.